The molecule has 1 N–H and O–H groups in total. The number of nitrogens with zero attached hydrogens (tertiary/aromatic N) is 1. The predicted octanol–water partition coefficient (Wildman–Crippen LogP) is 4.75. The molecule has 3 rings (SSSR count). The van der Waals surface area contributed by atoms with Gasteiger partial charge in [0.15, 0.2) is 0 Å². The third-order valence-electron chi connectivity index (χ3n) is 4.00. The number of aromatic nitrogens is 1. The molecule has 4 nitrogen and oxygen atoms in total. The van der Waals surface area contributed by atoms with Gasteiger partial charge in [-0.2, -0.15) is 0 Å². The smallest absolute Gasteiger partial charge is 0.255 e. The molecule has 0 unspecified atom stereocenters. The van der Waals surface area contributed by atoms with Gasteiger partial charge in [0.05, 0.1) is 6.61 Å². The molecule has 0 radical (unpaired) electrons. The third kappa shape index (κ3) is 5.11. The van der Waals surface area contributed by atoms with Crippen LogP contribution in [0.1, 0.15) is 25.0 Å². The molecule has 27 heavy (non-hydrogen) atoms. The third-order valence-corrected chi connectivity index (χ3v) is 4.00. The lowest BCUT2D eigenvalue weighted by Gasteiger charge is -2.08. The van der Waals surface area contributed by atoms with Crippen LogP contribution in [-0.4, -0.2) is 16.3 Å². The van der Waals surface area contributed by atoms with Crippen LogP contribution in [0.2, 0.25) is 0 Å². The highest BCUT2D eigenvalue weighted by molar-refractivity contribution is 5.69. The molecule has 0 amide bonds. The van der Waals surface area contributed by atoms with Gasteiger partial charge in [0, 0.05) is 18.0 Å². The van der Waals surface area contributed by atoms with E-state index in [9.17, 15) is 9.90 Å². The summed E-state index contributed by atoms with van der Waals surface area (Å²) in [6, 6.07) is 17.9. The van der Waals surface area contributed by atoms with Crippen molar-refractivity contribution in [1.29, 1.82) is 0 Å². The molecule has 0 saturated heterocycles. The number of hydrogen-bond donors (Lipinski definition) is 1. The van der Waals surface area contributed by atoms with E-state index in [2.05, 4.69) is 13.8 Å². The van der Waals surface area contributed by atoms with Crippen molar-refractivity contribution in [3.05, 3.63) is 88.3 Å². The molecule has 3 aromatic rings. The van der Waals surface area contributed by atoms with E-state index in [4.69, 9.17) is 4.74 Å². The lowest BCUT2D eigenvalue weighted by Crippen LogP contribution is -2.16. The summed E-state index contributed by atoms with van der Waals surface area (Å²) >= 11 is 0. The van der Waals surface area contributed by atoms with Gasteiger partial charge in [0.25, 0.3) is 5.56 Å². The summed E-state index contributed by atoms with van der Waals surface area (Å²) in [6.45, 7) is 4.94. The summed E-state index contributed by atoms with van der Waals surface area (Å²) in [7, 11) is 0. The molecular formula is C23H23NO3. The Morgan fingerprint density at radius 2 is 1.63 bits per heavy atom. The normalized spacial score (nSPS) is 11.2. The van der Waals surface area contributed by atoms with Crippen LogP contribution < -0.4 is 10.3 Å². The fraction of sp³-hybridized carbons (Fsp3) is 0.174. The lowest BCUT2D eigenvalue weighted by molar-refractivity contribution is 0.271. The zero-order valence-corrected chi connectivity index (χ0v) is 15.5. The first-order valence-electron chi connectivity index (χ1n) is 8.94. The van der Waals surface area contributed by atoms with Crippen molar-refractivity contribution in [2.24, 2.45) is 5.92 Å². The van der Waals surface area contributed by atoms with Gasteiger partial charge in [-0.3, -0.25) is 9.36 Å². The minimum atomic E-state index is -0.125. The van der Waals surface area contributed by atoms with Crippen LogP contribution in [0.5, 0.6) is 11.5 Å². The molecule has 0 spiro atoms. The number of phenolic OH excluding ortho intramolecular Hbond substituents is 1. The molecule has 0 fully saturated rings. The fourth-order valence-corrected chi connectivity index (χ4v) is 2.56. The van der Waals surface area contributed by atoms with Gasteiger partial charge in [-0.25, -0.2) is 0 Å². The van der Waals surface area contributed by atoms with Crippen LogP contribution >= 0.6 is 0 Å². The van der Waals surface area contributed by atoms with Crippen molar-refractivity contribution in [3.63, 3.8) is 0 Å². The van der Waals surface area contributed by atoms with E-state index in [1.165, 1.54) is 4.57 Å². The molecule has 0 aliphatic carbocycles. The topological polar surface area (TPSA) is 51.5 Å². The Balaban J connectivity index is 1.71. The Bertz CT molecular complexity index is 968. The zero-order chi connectivity index (χ0) is 19.2. The largest absolute Gasteiger partial charge is 0.508 e. The quantitative estimate of drug-likeness (QED) is 0.689. The van der Waals surface area contributed by atoms with Crippen molar-refractivity contribution < 1.29 is 9.84 Å². The van der Waals surface area contributed by atoms with Crippen LogP contribution in [0.15, 0.2) is 71.7 Å². The Morgan fingerprint density at radius 1 is 0.963 bits per heavy atom. The van der Waals surface area contributed by atoms with E-state index in [1.54, 1.807) is 36.5 Å². The van der Waals surface area contributed by atoms with Crippen LogP contribution in [0.4, 0.5) is 0 Å². The molecule has 2 aromatic carbocycles. The number of benzene rings is 2. The maximum atomic E-state index is 12.4. The number of hydrogen-bond acceptors (Lipinski definition) is 3. The molecule has 0 aliphatic rings. The second kappa shape index (κ2) is 8.41. The summed E-state index contributed by atoms with van der Waals surface area (Å²) in [4.78, 5) is 12.4. The standard InChI is InChI=1S/C23H23NO3/c1-17(2)16-27-22-11-5-18(6-12-22)3-4-19-13-14-24(23(26)15-19)20-7-9-21(25)10-8-20/h3-15,17,25H,16H2,1-2H3. The van der Waals surface area contributed by atoms with Gasteiger partial charge >= 0.3 is 0 Å². The van der Waals surface area contributed by atoms with Crippen molar-refractivity contribution in [3.8, 4) is 17.2 Å². The van der Waals surface area contributed by atoms with E-state index < -0.39 is 0 Å². The van der Waals surface area contributed by atoms with Crippen molar-refractivity contribution in [1.82, 2.24) is 4.57 Å². The SMILES string of the molecule is CC(C)COc1ccc(C=Cc2ccn(-c3ccc(O)cc3)c(=O)c2)cc1. The minimum absolute atomic E-state index is 0.125. The van der Waals surface area contributed by atoms with E-state index in [0.29, 0.717) is 18.2 Å². The Hall–Kier alpha value is -3.27. The molecular weight excluding hydrogens is 338 g/mol. The molecule has 1 aromatic heterocycles. The van der Waals surface area contributed by atoms with Crippen molar-refractivity contribution in [2.75, 3.05) is 6.61 Å². The second-order valence-corrected chi connectivity index (χ2v) is 6.79. The number of aromatic hydroxyl groups is 1. The van der Waals surface area contributed by atoms with E-state index in [-0.39, 0.29) is 11.3 Å². The van der Waals surface area contributed by atoms with E-state index in [1.807, 2.05) is 42.5 Å². The predicted molar refractivity (Wildman–Crippen MR) is 109 cm³/mol. The molecule has 4 heteroatoms. The molecule has 1 heterocycles. The highest BCUT2D eigenvalue weighted by Crippen LogP contribution is 2.16. The Kier molecular flexibility index (Phi) is 5.77. The van der Waals surface area contributed by atoms with Gasteiger partial charge < -0.3 is 9.84 Å². The first kappa shape index (κ1) is 18.5. The zero-order valence-electron chi connectivity index (χ0n) is 15.5. The van der Waals surface area contributed by atoms with E-state index >= 15 is 0 Å². The maximum absolute atomic E-state index is 12.4. The molecule has 0 atom stereocenters. The highest BCUT2D eigenvalue weighted by atomic mass is 16.5. The fourth-order valence-electron chi connectivity index (χ4n) is 2.56. The summed E-state index contributed by atoms with van der Waals surface area (Å²) in [6.07, 6.45) is 5.61. The summed E-state index contributed by atoms with van der Waals surface area (Å²) in [5, 5.41) is 9.36. The lowest BCUT2D eigenvalue weighted by atomic mass is 10.1. The monoisotopic (exact) mass is 361 g/mol. The molecule has 138 valence electrons. The average molecular weight is 361 g/mol. The first-order chi connectivity index (χ1) is 13.0. The minimum Gasteiger partial charge on any atom is -0.508 e. The van der Waals surface area contributed by atoms with E-state index in [0.717, 1.165) is 16.9 Å². The van der Waals surface area contributed by atoms with Gasteiger partial charge in [-0.05, 0) is 59.5 Å². The summed E-state index contributed by atoms with van der Waals surface area (Å²) in [5.74, 6) is 1.53. The Labute approximate surface area is 159 Å². The molecule has 0 aliphatic heterocycles. The van der Waals surface area contributed by atoms with Gasteiger partial charge in [0.2, 0.25) is 0 Å². The second-order valence-electron chi connectivity index (χ2n) is 6.79. The number of phenols is 1. The molecule has 0 bridgehead atoms. The van der Waals surface area contributed by atoms with Crippen LogP contribution in [-0.2, 0) is 0 Å². The van der Waals surface area contributed by atoms with Gasteiger partial charge in [-0.1, -0.05) is 38.1 Å². The van der Waals surface area contributed by atoms with Crippen LogP contribution in [0.25, 0.3) is 17.8 Å². The van der Waals surface area contributed by atoms with Crippen molar-refractivity contribution in [2.45, 2.75) is 13.8 Å². The highest BCUT2D eigenvalue weighted by Gasteiger charge is 2.01. The first-order valence-corrected chi connectivity index (χ1v) is 8.94. The Morgan fingerprint density at radius 3 is 2.26 bits per heavy atom. The average Bonchev–Trinajstić information content (AvgIpc) is 2.66. The van der Waals surface area contributed by atoms with Crippen LogP contribution in [0.3, 0.4) is 0 Å². The molecule has 0 saturated carbocycles. The van der Waals surface area contributed by atoms with Crippen molar-refractivity contribution >= 4 is 12.2 Å². The number of rotatable bonds is 6. The summed E-state index contributed by atoms with van der Waals surface area (Å²) in [5.41, 5.74) is 2.45. The number of ether oxygens (including phenoxy) is 1. The van der Waals surface area contributed by atoms with Gasteiger partial charge in [-0.15, -0.1) is 0 Å². The summed E-state index contributed by atoms with van der Waals surface area (Å²) < 4.78 is 7.22. The van der Waals surface area contributed by atoms with Gasteiger partial charge in [0.1, 0.15) is 11.5 Å². The number of pyridine rings is 1. The van der Waals surface area contributed by atoms with Crippen LogP contribution in [0, 0.1) is 5.92 Å². The maximum Gasteiger partial charge on any atom is 0.255 e.